The molecule has 0 saturated carbocycles. The number of nitrogens with two attached hydrogens (primary N) is 1. The number of sulfonamides is 1. The van der Waals surface area contributed by atoms with Gasteiger partial charge in [-0.05, 0) is 25.1 Å². The number of benzene rings is 1. The molecule has 0 aliphatic rings. The fraction of sp³-hybridized carbons (Fsp3) is 0.308. The van der Waals surface area contributed by atoms with Crippen LogP contribution in [0.15, 0.2) is 18.2 Å². The largest absolute Gasteiger partial charge is 0.465 e. The van der Waals surface area contributed by atoms with Gasteiger partial charge in [-0.2, -0.15) is 0 Å². The highest BCUT2D eigenvalue weighted by molar-refractivity contribution is 7.93. The normalized spacial score (nSPS) is 10.4. The summed E-state index contributed by atoms with van der Waals surface area (Å²) in [5.41, 5.74) is 5.43. The van der Waals surface area contributed by atoms with Crippen LogP contribution in [0.1, 0.15) is 12.5 Å². The van der Waals surface area contributed by atoms with Crippen molar-refractivity contribution < 1.29 is 22.3 Å². The molecule has 21 heavy (non-hydrogen) atoms. The second-order valence-electron chi connectivity index (χ2n) is 3.86. The zero-order valence-corrected chi connectivity index (χ0v) is 12.2. The predicted molar refractivity (Wildman–Crippen MR) is 76.4 cm³/mol. The summed E-state index contributed by atoms with van der Waals surface area (Å²) < 4.78 is 43.5. The first kappa shape index (κ1) is 16.9. The minimum Gasteiger partial charge on any atom is -0.465 e. The molecule has 8 heteroatoms. The number of rotatable bonds is 5. The smallest absolute Gasteiger partial charge is 0.323 e. The van der Waals surface area contributed by atoms with Gasteiger partial charge in [0.15, 0.2) is 5.75 Å². The number of esters is 1. The van der Waals surface area contributed by atoms with Gasteiger partial charge in [0, 0.05) is 0 Å². The highest BCUT2D eigenvalue weighted by atomic mass is 32.2. The fourth-order valence-electron chi connectivity index (χ4n) is 1.42. The maximum absolute atomic E-state index is 13.2. The summed E-state index contributed by atoms with van der Waals surface area (Å²) in [7, 11) is -3.96. The molecule has 0 fully saturated rings. The Balaban J connectivity index is 2.99. The van der Waals surface area contributed by atoms with E-state index in [0.29, 0.717) is 0 Å². The van der Waals surface area contributed by atoms with Gasteiger partial charge in [0.25, 0.3) is 0 Å². The average molecular weight is 314 g/mol. The summed E-state index contributed by atoms with van der Waals surface area (Å²) in [6.07, 6.45) is 0. The molecule has 1 aromatic rings. The minimum atomic E-state index is -3.96. The number of nitrogens with one attached hydrogen (secondary N) is 1. The molecule has 0 heterocycles. The summed E-state index contributed by atoms with van der Waals surface area (Å²) in [6.45, 7) is 1.70. The van der Waals surface area contributed by atoms with Gasteiger partial charge in [0.2, 0.25) is 10.0 Å². The van der Waals surface area contributed by atoms with E-state index >= 15 is 0 Å². The van der Waals surface area contributed by atoms with Crippen LogP contribution in [0.2, 0.25) is 0 Å². The van der Waals surface area contributed by atoms with Crippen LogP contribution in [0.25, 0.3) is 0 Å². The molecule has 0 aliphatic carbocycles. The van der Waals surface area contributed by atoms with Gasteiger partial charge in [-0.15, -0.1) is 0 Å². The number of halogens is 1. The van der Waals surface area contributed by atoms with E-state index in [9.17, 15) is 17.6 Å². The molecule has 6 nitrogen and oxygen atoms in total. The van der Waals surface area contributed by atoms with Crippen molar-refractivity contribution in [3.63, 3.8) is 0 Å². The molecule has 0 spiro atoms. The van der Waals surface area contributed by atoms with Crippen LogP contribution in [0.3, 0.4) is 0 Å². The second kappa shape index (κ2) is 7.61. The Labute approximate surface area is 122 Å². The standard InChI is InChI=1S/C13H15FN2O4S/c1-2-20-13(17)9-21(18,19)16-12-6-5-11(14)8-10(12)4-3-7-15/h5-6,8,16H,2,7,9,15H2,1H3. The molecule has 0 aliphatic heterocycles. The van der Waals surface area contributed by atoms with E-state index < -0.39 is 27.6 Å². The molecular weight excluding hydrogens is 299 g/mol. The van der Waals surface area contributed by atoms with Gasteiger partial charge < -0.3 is 10.5 Å². The average Bonchev–Trinajstić information content (AvgIpc) is 2.38. The van der Waals surface area contributed by atoms with Crippen molar-refractivity contribution in [1.82, 2.24) is 0 Å². The van der Waals surface area contributed by atoms with Crippen LogP contribution in [-0.2, 0) is 19.6 Å². The van der Waals surface area contributed by atoms with Gasteiger partial charge in [-0.3, -0.25) is 9.52 Å². The molecule has 0 saturated heterocycles. The van der Waals surface area contributed by atoms with Crippen LogP contribution >= 0.6 is 0 Å². The highest BCUT2D eigenvalue weighted by Gasteiger charge is 2.18. The Morgan fingerprint density at radius 3 is 2.81 bits per heavy atom. The van der Waals surface area contributed by atoms with Crippen molar-refractivity contribution in [1.29, 1.82) is 0 Å². The number of hydrogen-bond acceptors (Lipinski definition) is 5. The van der Waals surface area contributed by atoms with Crippen LogP contribution in [-0.4, -0.2) is 33.3 Å². The van der Waals surface area contributed by atoms with Crippen molar-refractivity contribution in [2.75, 3.05) is 23.6 Å². The highest BCUT2D eigenvalue weighted by Crippen LogP contribution is 2.17. The number of carbonyl (C=O) groups is 1. The number of anilines is 1. The molecule has 0 aromatic heterocycles. The van der Waals surface area contributed by atoms with Gasteiger partial charge >= 0.3 is 5.97 Å². The van der Waals surface area contributed by atoms with E-state index in [4.69, 9.17) is 5.73 Å². The van der Waals surface area contributed by atoms with E-state index in [1.165, 1.54) is 6.07 Å². The first-order valence-electron chi connectivity index (χ1n) is 6.02. The third kappa shape index (κ3) is 5.81. The van der Waals surface area contributed by atoms with E-state index in [2.05, 4.69) is 21.3 Å². The van der Waals surface area contributed by atoms with Gasteiger partial charge in [0.1, 0.15) is 5.82 Å². The lowest BCUT2D eigenvalue weighted by Gasteiger charge is -2.09. The minimum absolute atomic E-state index is 0.0472. The topological polar surface area (TPSA) is 98.5 Å². The maximum atomic E-state index is 13.2. The SMILES string of the molecule is CCOC(=O)CS(=O)(=O)Nc1ccc(F)cc1C#CCN. The lowest BCUT2D eigenvalue weighted by molar-refractivity contribution is -0.139. The van der Waals surface area contributed by atoms with Gasteiger partial charge in [0.05, 0.1) is 24.4 Å². The summed E-state index contributed by atoms with van der Waals surface area (Å²) in [5.74, 6) is 2.79. The monoisotopic (exact) mass is 314 g/mol. The first-order chi connectivity index (χ1) is 9.88. The molecule has 1 rings (SSSR count). The number of hydrogen-bond donors (Lipinski definition) is 2. The Morgan fingerprint density at radius 1 is 1.48 bits per heavy atom. The lowest BCUT2D eigenvalue weighted by atomic mass is 10.2. The van der Waals surface area contributed by atoms with E-state index in [1.54, 1.807) is 6.92 Å². The van der Waals surface area contributed by atoms with Gasteiger partial charge in [-0.1, -0.05) is 11.8 Å². The van der Waals surface area contributed by atoms with E-state index in [0.717, 1.165) is 12.1 Å². The Hall–Kier alpha value is -2.11. The van der Waals surface area contributed by atoms with Crippen molar-refractivity contribution >= 4 is 21.7 Å². The Kier molecular flexibility index (Phi) is 6.14. The lowest BCUT2D eigenvalue weighted by Crippen LogP contribution is -2.24. The van der Waals surface area contributed by atoms with Crippen molar-refractivity contribution in [2.24, 2.45) is 5.73 Å². The quantitative estimate of drug-likeness (QED) is 0.607. The molecule has 114 valence electrons. The summed E-state index contributed by atoms with van der Waals surface area (Å²) in [5, 5.41) is 0. The fourth-order valence-corrected chi connectivity index (χ4v) is 2.40. The van der Waals surface area contributed by atoms with E-state index in [-0.39, 0.29) is 24.4 Å². The predicted octanol–water partition coefficient (Wildman–Crippen LogP) is 0.441. The van der Waals surface area contributed by atoms with Crippen molar-refractivity contribution in [3.05, 3.63) is 29.6 Å². The summed E-state index contributed by atoms with van der Waals surface area (Å²) >= 11 is 0. The van der Waals surface area contributed by atoms with E-state index in [1.807, 2.05) is 0 Å². The molecule has 0 atom stereocenters. The summed E-state index contributed by atoms with van der Waals surface area (Å²) in [4.78, 5) is 11.2. The molecule has 1 aromatic carbocycles. The first-order valence-corrected chi connectivity index (χ1v) is 7.67. The van der Waals surface area contributed by atoms with Crippen LogP contribution in [0.5, 0.6) is 0 Å². The van der Waals surface area contributed by atoms with Gasteiger partial charge in [-0.25, -0.2) is 12.8 Å². The van der Waals surface area contributed by atoms with Crippen LogP contribution < -0.4 is 10.5 Å². The summed E-state index contributed by atoms with van der Waals surface area (Å²) in [6, 6.07) is 3.37. The number of carbonyl (C=O) groups excluding carboxylic acids is 1. The molecule has 3 N–H and O–H groups in total. The van der Waals surface area contributed by atoms with Crippen LogP contribution in [0.4, 0.5) is 10.1 Å². The third-order valence-corrected chi connectivity index (χ3v) is 3.33. The maximum Gasteiger partial charge on any atom is 0.323 e. The molecule has 0 amide bonds. The zero-order chi connectivity index (χ0) is 15.9. The third-order valence-electron chi connectivity index (χ3n) is 2.19. The molecule has 0 bridgehead atoms. The zero-order valence-electron chi connectivity index (χ0n) is 11.3. The van der Waals surface area contributed by atoms with Crippen molar-refractivity contribution in [2.45, 2.75) is 6.92 Å². The molecular formula is C13H15FN2O4S. The second-order valence-corrected chi connectivity index (χ2v) is 5.58. The van der Waals surface area contributed by atoms with Crippen molar-refractivity contribution in [3.8, 4) is 11.8 Å². The molecule has 0 radical (unpaired) electrons. The molecule has 0 unspecified atom stereocenters. The Bertz CT molecular complexity index is 677. The Morgan fingerprint density at radius 2 is 2.19 bits per heavy atom. The number of ether oxygens (including phenoxy) is 1. The van der Waals surface area contributed by atoms with Crippen LogP contribution in [0, 0.1) is 17.7 Å².